The van der Waals surface area contributed by atoms with Crippen LogP contribution in [0.2, 0.25) is 5.02 Å². The number of halogens is 1. The summed E-state index contributed by atoms with van der Waals surface area (Å²) in [6.07, 6.45) is 0.786. The van der Waals surface area contributed by atoms with Gasteiger partial charge in [-0.25, -0.2) is 0 Å². The number of carbonyl (C=O) groups is 1. The molecule has 1 N–H and O–H groups in total. The molecular weight excluding hydrogens is 212 g/mol. The first-order valence-corrected chi connectivity index (χ1v) is 5.34. The molecule has 1 heterocycles. The standard InChI is InChI=1S/C11H13ClN2O/c1-3-9-11(15)13-8-5-4-7(12)6-10(8)14(9)2/h4-6,9H,3H2,1-2H3,(H,13,15). The van der Waals surface area contributed by atoms with Crippen molar-refractivity contribution in [3.8, 4) is 0 Å². The summed E-state index contributed by atoms with van der Waals surface area (Å²) in [6.45, 7) is 2.00. The molecule has 4 heteroatoms. The van der Waals surface area contributed by atoms with Crippen LogP contribution in [0.5, 0.6) is 0 Å². The van der Waals surface area contributed by atoms with Crippen molar-refractivity contribution in [1.82, 2.24) is 0 Å². The Balaban J connectivity index is 2.46. The zero-order valence-electron chi connectivity index (χ0n) is 8.75. The van der Waals surface area contributed by atoms with Gasteiger partial charge in [-0.3, -0.25) is 4.79 Å². The predicted octanol–water partition coefficient (Wildman–Crippen LogP) is 2.51. The van der Waals surface area contributed by atoms with E-state index in [2.05, 4.69) is 5.32 Å². The van der Waals surface area contributed by atoms with Crippen molar-refractivity contribution in [2.45, 2.75) is 19.4 Å². The van der Waals surface area contributed by atoms with Crippen molar-refractivity contribution in [3.05, 3.63) is 23.2 Å². The first kappa shape index (κ1) is 10.3. The second-order valence-corrected chi connectivity index (χ2v) is 4.12. The summed E-state index contributed by atoms with van der Waals surface area (Å²) in [6, 6.07) is 5.38. The van der Waals surface area contributed by atoms with Crippen molar-refractivity contribution in [3.63, 3.8) is 0 Å². The zero-order chi connectivity index (χ0) is 11.0. The van der Waals surface area contributed by atoms with Gasteiger partial charge in [0.15, 0.2) is 0 Å². The normalized spacial score (nSPS) is 19.8. The van der Waals surface area contributed by atoms with Crippen LogP contribution in [0.4, 0.5) is 11.4 Å². The predicted molar refractivity (Wildman–Crippen MR) is 62.6 cm³/mol. The van der Waals surface area contributed by atoms with Crippen LogP contribution < -0.4 is 10.2 Å². The number of benzene rings is 1. The molecule has 3 nitrogen and oxygen atoms in total. The van der Waals surface area contributed by atoms with Crippen molar-refractivity contribution in [2.24, 2.45) is 0 Å². The third kappa shape index (κ3) is 1.67. The van der Waals surface area contributed by atoms with Crippen LogP contribution in [-0.4, -0.2) is 19.0 Å². The third-order valence-electron chi connectivity index (χ3n) is 2.75. The molecule has 1 unspecified atom stereocenters. The van der Waals surface area contributed by atoms with Gasteiger partial charge >= 0.3 is 0 Å². The molecule has 0 fully saturated rings. The quantitative estimate of drug-likeness (QED) is 0.795. The second kappa shape index (κ2) is 3.74. The van der Waals surface area contributed by atoms with E-state index in [1.165, 1.54) is 0 Å². The molecule has 0 bridgehead atoms. The van der Waals surface area contributed by atoms with Gasteiger partial charge in [-0.2, -0.15) is 0 Å². The van der Waals surface area contributed by atoms with Crippen LogP contribution in [0.1, 0.15) is 13.3 Å². The first-order chi connectivity index (χ1) is 7.13. The fraction of sp³-hybridized carbons (Fsp3) is 0.364. The topological polar surface area (TPSA) is 32.3 Å². The van der Waals surface area contributed by atoms with E-state index in [0.717, 1.165) is 17.8 Å². The van der Waals surface area contributed by atoms with Crippen LogP contribution in [0.3, 0.4) is 0 Å². The van der Waals surface area contributed by atoms with Gasteiger partial charge in [0, 0.05) is 12.1 Å². The van der Waals surface area contributed by atoms with E-state index < -0.39 is 0 Å². The molecule has 1 aromatic carbocycles. The van der Waals surface area contributed by atoms with Gasteiger partial charge in [0.2, 0.25) is 5.91 Å². The van der Waals surface area contributed by atoms with E-state index in [-0.39, 0.29) is 11.9 Å². The average molecular weight is 225 g/mol. The van der Waals surface area contributed by atoms with E-state index in [1.54, 1.807) is 6.07 Å². The van der Waals surface area contributed by atoms with E-state index in [0.29, 0.717) is 5.02 Å². The van der Waals surface area contributed by atoms with Crippen molar-refractivity contribution in [2.75, 3.05) is 17.3 Å². The molecule has 1 aliphatic heterocycles. The summed E-state index contributed by atoms with van der Waals surface area (Å²) >= 11 is 5.93. The van der Waals surface area contributed by atoms with E-state index in [1.807, 2.05) is 31.0 Å². The lowest BCUT2D eigenvalue weighted by atomic mass is 10.1. The number of hydrogen-bond acceptors (Lipinski definition) is 2. The number of hydrogen-bond donors (Lipinski definition) is 1. The van der Waals surface area contributed by atoms with Gasteiger partial charge in [0.05, 0.1) is 11.4 Å². The maximum atomic E-state index is 11.7. The number of nitrogens with zero attached hydrogens (tertiary/aromatic N) is 1. The molecule has 1 aromatic rings. The van der Waals surface area contributed by atoms with Gasteiger partial charge in [-0.15, -0.1) is 0 Å². The van der Waals surface area contributed by atoms with Crippen LogP contribution in [0, 0.1) is 0 Å². The molecule has 15 heavy (non-hydrogen) atoms. The molecule has 0 aromatic heterocycles. The Morgan fingerprint density at radius 3 is 2.93 bits per heavy atom. The Morgan fingerprint density at radius 1 is 1.53 bits per heavy atom. The summed E-state index contributed by atoms with van der Waals surface area (Å²) in [4.78, 5) is 13.7. The van der Waals surface area contributed by atoms with Crippen LogP contribution in [-0.2, 0) is 4.79 Å². The van der Waals surface area contributed by atoms with Crippen molar-refractivity contribution in [1.29, 1.82) is 0 Å². The van der Waals surface area contributed by atoms with Crippen molar-refractivity contribution >= 4 is 28.9 Å². The largest absolute Gasteiger partial charge is 0.361 e. The molecule has 80 valence electrons. The maximum absolute atomic E-state index is 11.7. The summed E-state index contributed by atoms with van der Waals surface area (Å²) in [5, 5.41) is 3.57. The minimum absolute atomic E-state index is 0.0508. The minimum Gasteiger partial charge on any atom is -0.361 e. The van der Waals surface area contributed by atoms with Crippen molar-refractivity contribution < 1.29 is 4.79 Å². The minimum atomic E-state index is -0.101. The van der Waals surface area contributed by atoms with Crippen LogP contribution >= 0.6 is 11.6 Å². The number of likely N-dealkylation sites (N-methyl/N-ethyl adjacent to an activating group) is 1. The highest BCUT2D eigenvalue weighted by Crippen LogP contribution is 2.33. The highest BCUT2D eigenvalue weighted by atomic mass is 35.5. The summed E-state index contributed by atoms with van der Waals surface area (Å²) < 4.78 is 0. The second-order valence-electron chi connectivity index (χ2n) is 3.69. The number of nitrogens with one attached hydrogen (secondary N) is 1. The number of anilines is 2. The zero-order valence-corrected chi connectivity index (χ0v) is 9.51. The summed E-state index contributed by atoms with van der Waals surface area (Å²) in [5.41, 5.74) is 1.81. The fourth-order valence-electron chi connectivity index (χ4n) is 1.92. The molecule has 0 spiro atoms. The Labute approximate surface area is 94.0 Å². The SMILES string of the molecule is CCC1C(=O)Nc2ccc(Cl)cc2N1C. The fourth-order valence-corrected chi connectivity index (χ4v) is 2.09. The van der Waals surface area contributed by atoms with Gasteiger partial charge in [-0.1, -0.05) is 18.5 Å². The lowest BCUT2D eigenvalue weighted by Crippen LogP contribution is -2.45. The Morgan fingerprint density at radius 2 is 2.27 bits per heavy atom. The smallest absolute Gasteiger partial charge is 0.247 e. The van der Waals surface area contributed by atoms with E-state index in [4.69, 9.17) is 11.6 Å². The lowest BCUT2D eigenvalue weighted by Gasteiger charge is -2.34. The molecule has 0 radical (unpaired) electrons. The number of amides is 1. The lowest BCUT2D eigenvalue weighted by molar-refractivity contribution is -0.117. The molecule has 0 saturated carbocycles. The van der Waals surface area contributed by atoms with Crippen LogP contribution in [0.25, 0.3) is 0 Å². The Hall–Kier alpha value is -1.22. The van der Waals surface area contributed by atoms with Gasteiger partial charge in [0.25, 0.3) is 0 Å². The van der Waals surface area contributed by atoms with Crippen LogP contribution in [0.15, 0.2) is 18.2 Å². The first-order valence-electron chi connectivity index (χ1n) is 4.96. The Kier molecular flexibility index (Phi) is 2.57. The number of carbonyl (C=O) groups excluding carboxylic acids is 1. The van der Waals surface area contributed by atoms with E-state index in [9.17, 15) is 4.79 Å². The van der Waals surface area contributed by atoms with Gasteiger partial charge in [-0.05, 0) is 24.6 Å². The number of fused-ring (bicyclic) bond motifs is 1. The molecule has 1 atom stereocenters. The molecule has 1 amide bonds. The number of rotatable bonds is 1. The highest BCUT2D eigenvalue weighted by molar-refractivity contribution is 6.31. The maximum Gasteiger partial charge on any atom is 0.247 e. The summed E-state index contributed by atoms with van der Waals surface area (Å²) in [7, 11) is 1.92. The average Bonchev–Trinajstić information content (AvgIpc) is 2.20. The molecule has 2 rings (SSSR count). The molecule has 1 aliphatic rings. The Bertz CT molecular complexity index is 406. The molecule has 0 aliphatic carbocycles. The van der Waals surface area contributed by atoms with E-state index >= 15 is 0 Å². The molecular formula is C11H13ClN2O. The van der Waals surface area contributed by atoms with Gasteiger partial charge < -0.3 is 10.2 Å². The molecule has 0 saturated heterocycles. The highest BCUT2D eigenvalue weighted by Gasteiger charge is 2.28. The third-order valence-corrected chi connectivity index (χ3v) is 2.99. The summed E-state index contributed by atoms with van der Waals surface area (Å²) in [5.74, 6) is 0.0508. The monoisotopic (exact) mass is 224 g/mol. The van der Waals surface area contributed by atoms with Gasteiger partial charge in [0.1, 0.15) is 6.04 Å².